The molecule has 6 heteroatoms. The third-order valence-corrected chi connectivity index (χ3v) is 4.40. The number of hydrogen-bond donors (Lipinski definition) is 1. The third kappa shape index (κ3) is 3.53. The molecule has 0 spiro atoms. The minimum absolute atomic E-state index is 0.101. The average molecular weight is 293 g/mol. The van der Waals surface area contributed by atoms with Crippen molar-refractivity contribution in [1.82, 2.24) is 10.2 Å². The topological polar surface area (TPSA) is 82.4 Å². The molecule has 0 aromatic heterocycles. The van der Waals surface area contributed by atoms with Crippen molar-refractivity contribution < 1.29 is 14.3 Å². The molecule has 1 saturated carbocycles. The lowest BCUT2D eigenvalue weighted by atomic mass is 9.74. The summed E-state index contributed by atoms with van der Waals surface area (Å²) < 4.78 is 5.22. The molecule has 1 aliphatic carbocycles. The second kappa shape index (κ2) is 6.90. The maximum absolute atomic E-state index is 12.4. The summed E-state index contributed by atoms with van der Waals surface area (Å²) >= 11 is 0. The monoisotopic (exact) mass is 293 g/mol. The lowest BCUT2D eigenvalue weighted by Crippen LogP contribution is -2.53. The van der Waals surface area contributed by atoms with Crippen molar-refractivity contribution in [3.8, 4) is 6.07 Å². The van der Waals surface area contributed by atoms with Crippen molar-refractivity contribution in [1.29, 1.82) is 5.26 Å². The molecule has 0 aromatic carbocycles. The van der Waals surface area contributed by atoms with Crippen LogP contribution in [0, 0.1) is 16.7 Å². The fourth-order valence-electron chi connectivity index (χ4n) is 3.00. The van der Waals surface area contributed by atoms with E-state index in [0.29, 0.717) is 39.1 Å². The molecule has 21 heavy (non-hydrogen) atoms. The minimum Gasteiger partial charge on any atom is -0.378 e. The van der Waals surface area contributed by atoms with Crippen LogP contribution in [0.5, 0.6) is 0 Å². The Kier molecular flexibility index (Phi) is 5.18. The predicted molar refractivity (Wildman–Crippen MR) is 76.1 cm³/mol. The van der Waals surface area contributed by atoms with Gasteiger partial charge in [-0.15, -0.1) is 0 Å². The van der Waals surface area contributed by atoms with Gasteiger partial charge in [-0.05, 0) is 19.8 Å². The van der Waals surface area contributed by atoms with Crippen LogP contribution in [0.3, 0.4) is 0 Å². The molecular weight excluding hydrogens is 270 g/mol. The summed E-state index contributed by atoms with van der Waals surface area (Å²) in [4.78, 5) is 26.4. The maximum Gasteiger partial charge on any atom is 0.245 e. The molecule has 2 aliphatic rings. The number of hydrogen-bond acceptors (Lipinski definition) is 4. The molecule has 1 heterocycles. The van der Waals surface area contributed by atoms with Gasteiger partial charge >= 0.3 is 0 Å². The quantitative estimate of drug-likeness (QED) is 0.835. The number of ether oxygens (including phenoxy) is 1. The van der Waals surface area contributed by atoms with Crippen LogP contribution in [0.25, 0.3) is 0 Å². The number of nitrogens with one attached hydrogen (secondary N) is 1. The maximum atomic E-state index is 12.4. The summed E-state index contributed by atoms with van der Waals surface area (Å²) in [6.45, 7) is 3.87. The molecule has 1 aliphatic heterocycles. The Labute approximate surface area is 125 Å². The first-order valence-electron chi connectivity index (χ1n) is 7.68. The van der Waals surface area contributed by atoms with Crippen LogP contribution in [0.15, 0.2) is 0 Å². The van der Waals surface area contributed by atoms with Crippen LogP contribution in [0.1, 0.15) is 39.0 Å². The number of carbonyl (C=O) groups is 2. The standard InChI is InChI=1S/C15H23N3O3/c1-12(13(19)18-7-9-21-10-8-18)17-14(20)15(11-16)5-3-2-4-6-15/h12H,2-10H2,1H3,(H,17,20). The van der Waals surface area contributed by atoms with Gasteiger partial charge in [0.15, 0.2) is 0 Å². The highest BCUT2D eigenvalue weighted by molar-refractivity contribution is 5.91. The normalized spacial score (nSPS) is 23.0. The number of nitriles is 1. The largest absolute Gasteiger partial charge is 0.378 e. The van der Waals surface area contributed by atoms with E-state index >= 15 is 0 Å². The van der Waals surface area contributed by atoms with Gasteiger partial charge in [-0.3, -0.25) is 9.59 Å². The Morgan fingerprint density at radius 3 is 2.43 bits per heavy atom. The van der Waals surface area contributed by atoms with E-state index < -0.39 is 11.5 Å². The highest BCUT2D eigenvalue weighted by Gasteiger charge is 2.41. The smallest absolute Gasteiger partial charge is 0.245 e. The van der Waals surface area contributed by atoms with Gasteiger partial charge in [0, 0.05) is 13.1 Å². The summed E-state index contributed by atoms with van der Waals surface area (Å²) in [5.41, 5.74) is -0.947. The molecule has 6 nitrogen and oxygen atoms in total. The van der Waals surface area contributed by atoms with Crippen molar-refractivity contribution in [2.45, 2.75) is 45.1 Å². The van der Waals surface area contributed by atoms with Crippen LogP contribution >= 0.6 is 0 Å². The molecule has 2 amide bonds. The Balaban J connectivity index is 1.94. The number of nitrogens with zero attached hydrogens (tertiary/aromatic N) is 2. The summed E-state index contributed by atoms with van der Waals surface area (Å²) in [6, 6.07) is 1.59. The summed E-state index contributed by atoms with van der Waals surface area (Å²) in [7, 11) is 0. The van der Waals surface area contributed by atoms with Crippen LogP contribution < -0.4 is 5.32 Å². The predicted octanol–water partition coefficient (Wildman–Crippen LogP) is 0.824. The summed E-state index contributed by atoms with van der Waals surface area (Å²) in [5, 5.41) is 12.1. The molecule has 2 fully saturated rings. The molecule has 1 N–H and O–H groups in total. The second-order valence-corrected chi connectivity index (χ2v) is 5.89. The SMILES string of the molecule is CC(NC(=O)C1(C#N)CCCCC1)C(=O)N1CCOCC1. The van der Waals surface area contributed by atoms with Crippen molar-refractivity contribution in [3.63, 3.8) is 0 Å². The number of rotatable bonds is 3. The Morgan fingerprint density at radius 1 is 1.24 bits per heavy atom. The van der Waals surface area contributed by atoms with E-state index in [0.717, 1.165) is 19.3 Å². The molecule has 0 bridgehead atoms. The van der Waals surface area contributed by atoms with E-state index in [2.05, 4.69) is 11.4 Å². The fraction of sp³-hybridized carbons (Fsp3) is 0.800. The zero-order valence-electron chi connectivity index (χ0n) is 12.6. The van der Waals surface area contributed by atoms with Gasteiger partial charge in [-0.1, -0.05) is 19.3 Å². The Morgan fingerprint density at radius 2 is 1.86 bits per heavy atom. The summed E-state index contributed by atoms with van der Waals surface area (Å²) in [5.74, 6) is -0.394. The average Bonchev–Trinajstić information content (AvgIpc) is 2.55. The van der Waals surface area contributed by atoms with E-state index in [1.165, 1.54) is 0 Å². The van der Waals surface area contributed by atoms with Crippen molar-refractivity contribution in [3.05, 3.63) is 0 Å². The first kappa shape index (κ1) is 15.8. The van der Waals surface area contributed by atoms with Gasteiger partial charge in [0.1, 0.15) is 11.5 Å². The number of morpholine rings is 1. The van der Waals surface area contributed by atoms with Crippen LogP contribution in [-0.2, 0) is 14.3 Å². The van der Waals surface area contributed by atoms with Gasteiger partial charge in [0.2, 0.25) is 11.8 Å². The zero-order valence-corrected chi connectivity index (χ0v) is 12.6. The molecule has 116 valence electrons. The summed E-state index contributed by atoms with van der Waals surface area (Å²) in [6.07, 6.45) is 4.04. The molecule has 1 saturated heterocycles. The fourth-order valence-corrected chi connectivity index (χ4v) is 3.00. The molecule has 1 unspecified atom stereocenters. The van der Waals surface area contributed by atoms with Crippen molar-refractivity contribution in [2.24, 2.45) is 5.41 Å². The third-order valence-electron chi connectivity index (χ3n) is 4.40. The lowest BCUT2D eigenvalue weighted by Gasteiger charge is -2.32. The number of amides is 2. The van der Waals surface area contributed by atoms with Gasteiger partial charge in [-0.25, -0.2) is 0 Å². The van der Waals surface area contributed by atoms with E-state index in [9.17, 15) is 14.9 Å². The molecule has 1 atom stereocenters. The Hall–Kier alpha value is -1.61. The molecular formula is C15H23N3O3. The van der Waals surface area contributed by atoms with E-state index in [-0.39, 0.29) is 11.8 Å². The molecule has 2 rings (SSSR count). The van der Waals surface area contributed by atoms with E-state index in [1.807, 2.05) is 0 Å². The van der Waals surface area contributed by atoms with E-state index in [1.54, 1.807) is 11.8 Å². The Bertz CT molecular complexity index is 432. The minimum atomic E-state index is -0.947. The van der Waals surface area contributed by atoms with Crippen molar-refractivity contribution >= 4 is 11.8 Å². The zero-order chi connectivity index (χ0) is 15.3. The highest BCUT2D eigenvalue weighted by atomic mass is 16.5. The number of carbonyl (C=O) groups excluding carboxylic acids is 2. The van der Waals surface area contributed by atoms with Gasteiger partial charge < -0.3 is 15.0 Å². The van der Waals surface area contributed by atoms with E-state index in [4.69, 9.17) is 4.74 Å². The van der Waals surface area contributed by atoms with Crippen LogP contribution in [0.4, 0.5) is 0 Å². The first-order valence-corrected chi connectivity index (χ1v) is 7.68. The van der Waals surface area contributed by atoms with Gasteiger partial charge in [0.05, 0.1) is 19.3 Å². The highest BCUT2D eigenvalue weighted by Crippen LogP contribution is 2.35. The lowest BCUT2D eigenvalue weighted by molar-refractivity contribution is -0.141. The van der Waals surface area contributed by atoms with Gasteiger partial charge in [-0.2, -0.15) is 5.26 Å². The second-order valence-electron chi connectivity index (χ2n) is 5.89. The molecule has 0 aromatic rings. The van der Waals surface area contributed by atoms with Crippen molar-refractivity contribution in [2.75, 3.05) is 26.3 Å². The van der Waals surface area contributed by atoms with Crippen LogP contribution in [-0.4, -0.2) is 49.1 Å². The first-order chi connectivity index (χ1) is 10.1. The molecule has 0 radical (unpaired) electrons. The van der Waals surface area contributed by atoms with Crippen LogP contribution in [0.2, 0.25) is 0 Å². The van der Waals surface area contributed by atoms with Gasteiger partial charge in [0.25, 0.3) is 0 Å².